The Morgan fingerprint density at radius 2 is 1.90 bits per heavy atom. The molecule has 0 saturated carbocycles. The van der Waals surface area contributed by atoms with Crippen LogP contribution in [0, 0.1) is 0 Å². The van der Waals surface area contributed by atoms with Crippen LogP contribution in [-0.4, -0.2) is 30.5 Å². The van der Waals surface area contributed by atoms with Gasteiger partial charge < -0.3 is 19.8 Å². The minimum absolute atomic E-state index is 0.0385. The summed E-state index contributed by atoms with van der Waals surface area (Å²) in [4.78, 5) is 14.9. The number of hydrogen-bond donors (Lipinski definition) is 1. The molecule has 0 aliphatic carbocycles. The van der Waals surface area contributed by atoms with Gasteiger partial charge in [-0.05, 0) is 48.7 Å². The maximum atomic E-state index is 13.0. The van der Waals surface area contributed by atoms with E-state index in [9.17, 15) is 4.79 Å². The summed E-state index contributed by atoms with van der Waals surface area (Å²) in [6.07, 6.45) is 1.72. The molecule has 2 aliphatic heterocycles. The van der Waals surface area contributed by atoms with Gasteiger partial charge in [0.25, 0.3) is 5.91 Å². The van der Waals surface area contributed by atoms with E-state index in [4.69, 9.17) is 26.5 Å². The van der Waals surface area contributed by atoms with Gasteiger partial charge in [0.15, 0.2) is 5.76 Å². The third-order valence-electron chi connectivity index (χ3n) is 6.32. The minimum Gasteiger partial charge on any atom is -0.492 e. The summed E-state index contributed by atoms with van der Waals surface area (Å²) in [7, 11) is 0. The number of halogens is 1. The average molecular weight is 423 g/mol. The van der Waals surface area contributed by atoms with Crippen molar-refractivity contribution in [3.63, 3.8) is 0 Å². The van der Waals surface area contributed by atoms with E-state index in [-0.39, 0.29) is 11.3 Å². The lowest BCUT2D eigenvalue weighted by molar-refractivity contribution is 0.0616. The number of amides is 1. The Labute approximate surface area is 180 Å². The van der Waals surface area contributed by atoms with E-state index in [1.165, 1.54) is 5.56 Å². The zero-order valence-electron chi connectivity index (χ0n) is 16.6. The van der Waals surface area contributed by atoms with E-state index < -0.39 is 0 Å². The van der Waals surface area contributed by atoms with Crippen molar-refractivity contribution < 1.29 is 13.9 Å². The zero-order chi connectivity index (χ0) is 20.7. The molecule has 1 amide bonds. The van der Waals surface area contributed by atoms with E-state index in [0.717, 1.165) is 29.7 Å². The van der Waals surface area contributed by atoms with Crippen LogP contribution in [0.15, 0.2) is 59.0 Å². The SMILES string of the molecule is NCc1ccc2c(c1)C1(CCN(C(=O)c3ccc(-c4ccccc4Cl)o3)CC1)CO2. The number of likely N-dealkylation sites (tertiary alicyclic amines) is 1. The van der Waals surface area contributed by atoms with Crippen LogP contribution in [0.5, 0.6) is 5.75 Å². The molecule has 1 fully saturated rings. The Kier molecular flexibility index (Phi) is 4.80. The molecule has 0 unspecified atom stereocenters. The number of carbonyl (C=O) groups is 1. The zero-order valence-corrected chi connectivity index (χ0v) is 17.3. The number of nitrogens with zero attached hydrogens (tertiary/aromatic N) is 1. The first-order valence-electron chi connectivity index (χ1n) is 10.2. The highest BCUT2D eigenvalue weighted by molar-refractivity contribution is 6.33. The van der Waals surface area contributed by atoms with Crippen LogP contribution in [0.1, 0.15) is 34.5 Å². The highest BCUT2D eigenvalue weighted by Crippen LogP contribution is 2.46. The molecule has 0 radical (unpaired) electrons. The Morgan fingerprint density at radius 1 is 1.10 bits per heavy atom. The van der Waals surface area contributed by atoms with Crippen molar-refractivity contribution in [3.05, 3.63) is 76.5 Å². The molecule has 0 atom stereocenters. The fourth-order valence-electron chi connectivity index (χ4n) is 4.50. The van der Waals surface area contributed by atoms with Crippen LogP contribution in [0.2, 0.25) is 5.02 Å². The number of nitrogens with two attached hydrogens (primary N) is 1. The maximum absolute atomic E-state index is 13.0. The lowest BCUT2D eigenvalue weighted by Crippen LogP contribution is -2.46. The molecule has 5 rings (SSSR count). The molecule has 2 aliphatic rings. The van der Waals surface area contributed by atoms with Gasteiger partial charge in [-0.1, -0.05) is 35.9 Å². The van der Waals surface area contributed by atoms with Gasteiger partial charge in [-0.3, -0.25) is 4.79 Å². The van der Waals surface area contributed by atoms with Gasteiger partial charge in [-0.25, -0.2) is 0 Å². The van der Waals surface area contributed by atoms with Crippen LogP contribution < -0.4 is 10.5 Å². The maximum Gasteiger partial charge on any atom is 0.289 e. The number of hydrogen-bond acceptors (Lipinski definition) is 4. The highest BCUT2D eigenvalue weighted by Gasteiger charge is 2.44. The monoisotopic (exact) mass is 422 g/mol. The van der Waals surface area contributed by atoms with Crippen molar-refractivity contribution in [2.75, 3.05) is 19.7 Å². The molecule has 2 aromatic carbocycles. The number of benzene rings is 2. The van der Waals surface area contributed by atoms with Crippen LogP contribution in [-0.2, 0) is 12.0 Å². The molecule has 1 spiro atoms. The third kappa shape index (κ3) is 3.18. The van der Waals surface area contributed by atoms with Crippen molar-refractivity contribution in [1.82, 2.24) is 4.90 Å². The normalized spacial score (nSPS) is 17.1. The van der Waals surface area contributed by atoms with Gasteiger partial charge in [0.05, 0.1) is 11.6 Å². The second kappa shape index (κ2) is 7.49. The van der Waals surface area contributed by atoms with E-state index in [1.54, 1.807) is 12.1 Å². The molecule has 3 heterocycles. The number of fused-ring (bicyclic) bond motifs is 2. The lowest BCUT2D eigenvalue weighted by Gasteiger charge is -2.38. The second-order valence-corrected chi connectivity index (χ2v) is 8.45. The first-order chi connectivity index (χ1) is 14.6. The largest absolute Gasteiger partial charge is 0.492 e. The highest BCUT2D eigenvalue weighted by atomic mass is 35.5. The Bertz CT molecular complexity index is 1100. The summed E-state index contributed by atoms with van der Waals surface area (Å²) >= 11 is 6.25. The van der Waals surface area contributed by atoms with Crippen LogP contribution in [0.3, 0.4) is 0 Å². The minimum atomic E-state index is -0.0852. The summed E-state index contributed by atoms with van der Waals surface area (Å²) in [5, 5.41) is 0.600. The molecule has 1 aromatic heterocycles. The van der Waals surface area contributed by atoms with Crippen molar-refractivity contribution in [3.8, 4) is 17.1 Å². The first-order valence-corrected chi connectivity index (χ1v) is 10.6. The van der Waals surface area contributed by atoms with E-state index >= 15 is 0 Å². The summed E-state index contributed by atoms with van der Waals surface area (Å²) in [5.41, 5.74) is 8.92. The molecule has 2 N–H and O–H groups in total. The number of furan rings is 1. The van der Waals surface area contributed by atoms with Gasteiger partial charge in [-0.15, -0.1) is 0 Å². The molecule has 6 heteroatoms. The Balaban J connectivity index is 1.32. The lowest BCUT2D eigenvalue weighted by atomic mass is 9.74. The standard InChI is InChI=1S/C24H23ClN2O3/c25-19-4-2-1-3-17(19)20-7-8-22(30-20)23(28)27-11-9-24(10-12-27)15-29-21-6-5-16(14-26)13-18(21)24/h1-8,13H,9-12,14-15,26H2. The van der Waals surface area contributed by atoms with Gasteiger partial charge in [0.2, 0.25) is 0 Å². The van der Waals surface area contributed by atoms with Gasteiger partial charge in [0.1, 0.15) is 11.5 Å². The Hall–Kier alpha value is -2.76. The van der Waals surface area contributed by atoms with Gasteiger partial charge in [-0.2, -0.15) is 0 Å². The fraction of sp³-hybridized carbons (Fsp3) is 0.292. The topological polar surface area (TPSA) is 68.7 Å². The molecule has 1 saturated heterocycles. The van der Waals surface area contributed by atoms with Crippen LogP contribution >= 0.6 is 11.6 Å². The summed E-state index contributed by atoms with van der Waals surface area (Å²) < 4.78 is 11.8. The van der Waals surface area contributed by atoms with Crippen LogP contribution in [0.4, 0.5) is 0 Å². The van der Waals surface area contributed by atoms with Gasteiger partial charge >= 0.3 is 0 Å². The van der Waals surface area contributed by atoms with E-state index in [1.807, 2.05) is 41.3 Å². The smallest absolute Gasteiger partial charge is 0.289 e. The molecule has 5 nitrogen and oxygen atoms in total. The Morgan fingerprint density at radius 3 is 2.67 bits per heavy atom. The molecule has 154 valence electrons. The van der Waals surface area contributed by atoms with Crippen molar-refractivity contribution in [1.29, 1.82) is 0 Å². The first kappa shape index (κ1) is 19.2. The molecular formula is C24H23ClN2O3. The van der Waals surface area contributed by atoms with E-state index in [2.05, 4.69) is 6.07 Å². The third-order valence-corrected chi connectivity index (χ3v) is 6.65. The summed E-state index contributed by atoms with van der Waals surface area (Å²) in [5.74, 6) is 1.81. The molecule has 0 bridgehead atoms. The quantitative estimate of drug-likeness (QED) is 0.668. The molecule has 3 aromatic rings. The van der Waals surface area contributed by atoms with Gasteiger partial charge in [0, 0.05) is 36.2 Å². The van der Waals surface area contributed by atoms with Crippen molar-refractivity contribution in [2.24, 2.45) is 5.73 Å². The number of ether oxygens (including phenoxy) is 1. The average Bonchev–Trinajstić information content (AvgIpc) is 3.40. The van der Waals surface area contributed by atoms with E-state index in [0.29, 0.717) is 42.8 Å². The second-order valence-electron chi connectivity index (χ2n) is 8.04. The number of carbonyl (C=O) groups excluding carboxylic acids is 1. The predicted octanol–water partition coefficient (Wildman–Crippen LogP) is 4.63. The molecule has 30 heavy (non-hydrogen) atoms. The number of piperidine rings is 1. The molecular weight excluding hydrogens is 400 g/mol. The van der Waals surface area contributed by atoms with Crippen LogP contribution in [0.25, 0.3) is 11.3 Å². The van der Waals surface area contributed by atoms with Crippen molar-refractivity contribution in [2.45, 2.75) is 24.8 Å². The van der Waals surface area contributed by atoms with Crippen molar-refractivity contribution >= 4 is 17.5 Å². The summed E-state index contributed by atoms with van der Waals surface area (Å²) in [6, 6.07) is 17.2. The predicted molar refractivity (Wildman–Crippen MR) is 116 cm³/mol. The fourth-order valence-corrected chi connectivity index (χ4v) is 4.73. The summed E-state index contributed by atoms with van der Waals surface area (Å²) in [6.45, 7) is 2.50. The number of rotatable bonds is 3.